The van der Waals surface area contributed by atoms with Crippen molar-refractivity contribution in [1.82, 2.24) is 9.78 Å². The van der Waals surface area contributed by atoms with Crippen LogP contribution < -0.4 is 0 Å². The van der Waals surface area contributed by atoms with Gasteiger partial charge in [-0.1, -0.05) is 24.3 Å². The molecule has 0 aliphatic heterocycles. The van der Waals surface area contributed by atoms with Crippen molar-refractivity contribution in [3.8, 4) is 28.5 Å². The third kappa shape index (κ3) is 3.51. The van der Waals surface area contributed by atoms with E-state index in [0.717, 1.165) is 6.26 Å². The van der Waals surface area contributed by atoms with E-state index < -0.39 is 9.84 Å². The van der Waals surface area contributed by atoms with E-state index in [1.807, 2.05) is 6.07 Å². The summed E-state index contributed by atoms with van der Waals surface area (Å²) < 4.78 is 38.7. The summed E-state index contributed by atoms with van der Waals surface area (Å²) in [6.45, 7) is 1.74. The number of aromatic nitrogens is 2. The molecule has 3 rings (SSSR count). The number of sulfone groups is 1. The van der Waals surface area contributed by atoms with Gasteiger partial charge in [0.15, 0.2) is 9.84 Å². The standard InChI is InChI=1S/C19H16FN3O2S/c1-13-3-4-15(11-18(13)20)17-12-23(10-9-21)22-19(17)14-5-7-16(8-6-14)26(2,24)25/h3-8,11-12H,10H2,1-2H3. The Bertz CT molecular complexity index is 1110. The maximum absolute atomic E-state index is 14.0. The van der Waals surface area contributed by atoms with Gasteiger partial charge in [-0.05, 0) is 36.2 Å². The fraction of sp³-hybridized carbons (Fsp3) is 0.158. The molecule has 0 N–H and O–H groups in total. The number of aryl methyl sites for hydroxylation is 1. The molecule has 0 atom stereocenters. The van der Waals surface area contributed by atoms with E-state index in [0.29, 0.717) is 27.9 Å². The molecule has 1 aromatic heterocycles. The number of hydrogen-bond acceptors (Lipinski definition) is 4. The Balaban J connectivity index is 2.14. The third-order valence-electron chi connectivity index (χ3n) is 4.03. The lowest BCUT2D eigenvalue weighted by molar-refractivity contribution is 0.602. The first-order valence-corrected chi connectivity index (χ1v) is 9.70. The Morgan fingerprint density at radius 1 is 1.15 bits per heavy atom. The second-order valence-electron chi connectivity index (χ2n) is 6.01. The van der Waals surface area contributed by atoms with Gasteiger partial charge in [0, 0.05) is 23.6 Å². The molecule has 0 spiro atoms. The van der Waals surface area contributed by atoms with E-state index in [1.165, 1.54) is 22.9 Å². The Labute approximate surface area is 151 Å². The minimum absolute atomic E-state index is 0.0583. The molecule has 0 unspecified atom stereocenters. The number of nitrogens with zero attached hydrogens (tertiary/aromatic N) is 3. The second-order valence-corrected chi connectivity index (χ2v) is 8.02. The highest BCUT2D eigenvalue weighted by molar-refractivity contribution is 7.90. The van der Waals surface area contributed by atoms with Crippen LogP contribution in [0.5, 0.6) is 0 Å². The molecule has 132 valence electrons. The number of rotatable bonds is 4. The summed E-state index contributed by atoms with van der Waals surface area (Å²) in [6, 6.07) is 13.3. The van der Waals surface area contributed by atoms with Crippen LogP contribution in [0, 0.1) is 24.1 Å². The van der Waals surface area contributed by atoms with Crippen molar-refractivity contribution >= 4 is 9.84 Å². The quantitative estimate of drug-likeness (QED) is 0.704. The van der Waals surface area contributed by atoms with Gasteiger partial charge in [0.2, 0.25) is 0 Å². The molecule has 5 nitrogen and oxygen atoms in total. The first-order chi connectivity index (χ1) is 12.3. The number of nitriles is 1. The Morgan fingerprint density at radius 3 is 2.38 bits per heavy atom. The van der Waals surface area contributed by atoms with E-state index in [9.17, 15) is 12.8 Å². The fourth-order valence-corrected chi connectivity index (χ4v) is 3.25. The molecule has 0 fully saturated rings. The Kier molecular flexibility index (Phi) is 4.62. The Hall–Kier alpha value is -2.98. The van der Waals surface area contributed by atoms with Crippen LogP contribution in [0.2, 0.25) is 0 Å². The molecule has 0 radical (unpaired) electrons. The van der Waals surface area contributed by atoms with Gasteiger partial charge < -0.3 is 0 Å². The predicted octanol–water partition coefficient (Wildman–Crippen LogP) is 3.59. The van der Waals surface area contributed by atoms with Crippen LogP contribution in [0.15, 0.2) is 53.6 Å². The van der Waals surface area contributed by atoms with Gasteiger partial charge >= 0.3 is 0 Å². The number of halogens is 1. The van der Waals surface area contributed by atoms with Gasteiger partial charge in [-0.2, -0.15) is 10.4 Å². The summed E-state index contributed by atoms with van der Waals surface area (Å²) in [5, 5.41) is 13.3. The van der Waals surface area contributed by atoms with E-state index in [1.54, 1.807) is 37.4 Å². The smallest absolute Gasteiger partial charge is 0.175 e. The highest BCUT2D eigenvalue weighted by Gasteiger charge is 2.15. The van der Waals surface area contributed by atoms with Crippen molar-refractivity contribution in [3.05, 3.63) is 60.0 Å². The molecule has 0 saturated heterocycles. The van der Waals surface area contributed by atoms with Crippen molar-refractivity contribution in [2.45, 2.75) is 18.4 Å². The summed E-state index contributed by atoms with van der Waals surface area (Å²) in [7, 11) is -3.30. The van der Waals surface area contributed by atoms with Crippen LogP contribution in [-0.2, 0) is 16.4 Å². The number of hydrogen-bond donors (Lipinski definition) is 0. The highest BCUT2D eigenvalue weighted by Crippen LogP contribution is 2.32. The monoisotopic (exact) mass is 369 g/mol. The van der Waals surface area contributed by atoms with Gasteiger partial charge in [0.1, 0.15) is 18.1 Å². The van der Waals surface area contributed by atoms with Crippen LogP contribution in [0.3, 0.4) is 0 Å². The predicted molar refractivity (Wildman–Crippen MR) is 96.5 cm³/mol. The topological polar surface area (TPSA) is 75.8 Å². The van der Waals surface area contributed by atoms with Gasteiger partial charge in [0.05, 0.1) is 11.0 Å². The number of benzene rings is 2. The molecule has 3 aromatic rings. The maximum Gasteiger partial charge on any atom is 0.175 e. The van der Waals surface area contributed by atoms with E-state index in [4.69, 9.17) is 5.26 Å². The lowest BCUT2D eigenvalue weighted by Gasteiger charge is -2.05. The normalized spacial score (nSPS) is 11.3. The van der Waals surface area contributed by atoms with Crippen molar-refractivity contribution in [2.75, 3.05) is 6.26 Å². The van der Waals surface area contributed by atoms with Crippen LogP contribution in [-0.4, -0.2) is 24.5 Å². The summed E-state index contributed by atoms with van der Waals surface area (Å²) in [5.41, 5.74) is 3.09. The molecule has 0 aliphatic carbocycles. The van der Waals surface area contributed by atoms with E-state index in [2.05, 4.69) is 5.10 Å². The molecule has 1 heterocycles. The van der Waals surface area contributed by atoms with Crippen molar-refractivity contribution in [1.29, 1.82) is 5.26 Å². The third-order valence-corrected chi connectivity index (χ3v) is 5.16. The lowest BCUT2D eigenvalue weighted by atomic mass is 10.0. The molecule has 0 amide bonds. The summed E-state index contributed by atoms with van der Waals surface area (Å²) in [5.74, 6) is -0.325. The molecule has 26 heavy (non-hydrogen) atoms. The fourth-order valence-electron chi connectivity index (χ4n) is 2.62. The molecular weight excluding hydrogens is 353 g/mol. The van der Waals surface area contributed by atoms with Crippen molar-refractivity contribution < 1.29 is 12.8 Å². The first kappa shape index (κ1) is 17.8. The highest BCUT2D eigenvalue weighted by atomic mass is 32.2. The summed E-state index contributed by atoms with van der Waals surface area (Å²) >= 11 is 0. The zero-order valence-corrected chi connectivity index (χ0v) is 15.1. The molecule has 0 aliphatic rings. The molecule has 0 bridgehead atoms. The molecule has 0 saturated carbocycles. The van der Waals surface area contributed by atoms with Gasteiger partial charge in [-0.3, -0.25) is 4.68 Å². The molecular formula is C19H16FN3O2S. The van der Waals surface area contributed by atoms with Crippen molar-refractivity contribution in [3.63, 3.8) is 0 Å². The zero-order valence-electron chi connectivity index (χ0n) is 14.3. The zero-order chi connectivity index (χ0) is 18.9. The molecule has 7 heteroatoms. The maximum atomic E-state index is 14.0. The van der Waals surface area contributed by atoms with Gasteiger partial charge in [-0.15, -0.1) is 0 Å². The minimum Gasteiger partial charge on any atom is -0.257 e. The van der Waals surface area contributed by atoms with Crippen LogP contribution in [0.25, 0.3) is 22.4 Å². The SMILES string of the molecule is Cc1ccc(-c2cn(CC#N)nc2-c2ccc(S(C)(=O)=O)cc2)cc1F. The second kappa shape index (κ2) is 6.73. The summed E-state index contributed by atoms with van der Waals surface area (Å²) in [6.07, 6.45) is 2.83. The van der Waals surface area contributed by atoms with E-state index >= 15 is 0 Å². The average Bonchev–Trinajstić information content (AvgIpc) is 3.01. The lowest BCUT2D eigenvalue weighted by Crippen LogP contribution is -1.97. The largest absolute Gasteiger partial charge is 0.257 e. The van der Waals surface area contributed by atoms with E-state index in [-0.39, 0.29) is 17.3 Å². The van der Waals surface area contributed by atoms with Crippen LogP contribution in [0.4, 0.5) is 4.39 Å². The van der Waals surface area contributed by atoms with Crippen molar-refractivity contribution in [2.24, 2.45) is 0 Å². The van der Waals surface area contributed by atoms with Gasteiger partial charge in [0.25, 0.3) is 0 Å². The van der Waals surface area contributed by atoms with Crippen LogP contribution >= 0.6 is 0 Å². The van der Waals surface area contributed by atoms with Gasteiger partial charge in [-0.25, -0.2) is 12.8 Å². The minimum atomic E-state index is -3.30. The summed E-state index contributed by atoms with van der Waals surface area (Å²) in [4.78, 5) is 0.209. The Morgan fingerprint density at radius 2 is 1.81 bits per heavy atom. The molecule has 2 aromatic carbocycles. The van der Waals surface area contributed by atoms with Crippen LogP contribution in [0.1, 0.15) is 5.56 Å². The average molecular weight is 369 g/mol. The first-order valence-electron chi connectivity index (χ1n) is 7.81.